The molecule has 1 fully saturated rings. The van der Waals surface area contributed by atoms with Gasteiger partial charge in [-0.25, -0.2) is 4.98 Å². The van der Waals surface area contributed by atoms with Gasteiger partial charge < -0.3 is 20.0 Å². The number of hydrogen-bond donors (Lipinski definition) is 2. The first-order chi connectivity index (χ1) is 13.3. The van der Waals surface area contributed by atoms with Crippen molar-refractivity contribution in [3.05, 3.63) is 54.3 Å². The molecule has 2 N–H and O–H groups in total. The number of halogens is 2. The van der Waals surface area contributed by atoms with E-state index in [2.05, 4.69) is 20.5 Å². The fraction of sp³-hybridized carbons (Fsp3) is 0.333. The number of furan rings is 1. The summed E-state index contributed by atoms with van der Waals surface area (Å²) in [5, 5.41) is 7.27. The maximum Gasteiger partial charge on any atom is 0.252 e. The van der Waals surface area contributed by atoms with Gasteiger partial charge in [-0.1, -0.05) is 18.2 Å². The molecule has 0 radical (unpaired) electrons. The summed E-state index contributed by atoms with van der Waals surface area (Å²) in [7, 11) is 0. The van der Waals surface area contributed by atoms with Crippen LogP contribution in [-0.4, -0.2) is 55.1 Å². The average Bonchev–Trinajstić information content (AvgIpc) is 3.26. The molecule has 1 aliphatic heterocycles. The van der Waals surface area contributed by atoms with E-state index < -0.39 is 0 Å². The van der Waals surface area contributed by atoms with Crippen LogP contribution in [0.5, 0.6) is 0 Å². The summed E-state index contributed by atoms with van der Waals surface area (Å²) >= 11 is 0. The highest BCUT2D eigenvalue weighted by Crippen LogP contribution is 2.25. The fourth-order valence-corrected chi connectivity index (χ4v) is 3.45. The molecule has 1 aromatic carbocycles. The van der Waals surface area contributed by atoms with Gasteiger partial charge in [-0.05, 0) is 37.2 Å². The minimum atomic E-state index is -0.0679. The monoisotopic (exact) mass is 436 g/mol. The van der Waals surface area contributed by atoms with Crippen LogP contribution >= 0.6 is 24.8 Å². The first kappa shape index (κ1) is 23.2. The summed E-state index contributed by atoms with van der Waals surface area (Å²) in [6, 6.07) is 13.2. The topological polar surface area (TPSA) is 70.4 Å². The van der Waals surface area contributed by atoms with E-state index in [0.29, 0.717) is 23.6 Å². The molecule has 0 bridgehead atoms. The van der Waals surface area contributed by atoms with Crippen molar-refractivity contribution in [2.75, 3.05) is 39.3 Å². The molecule has 0 atom stereocenters. The third-order valence-electron chi connectivity index (χ3n) is 4.88. The zero-order valence-electron chi connectivity index (χ0n) is 16.1. The molecular formula is C21H26Cl2N4O2. The molecule has 0 aliphatic carbocycles. The third-order valence-corrected chi connectivity index (χ3v) is 4.88. The number of carbonyl (C=O) groups is 1. The first-order valence-electron chi connectivity index (χ1n) is 9.46. The van der Waals surface area contributed by atoms with Crippen LogP contribution in [0.2, 0.25) is 0 Å². The van der Waals surface area contributed by atoms with Gasteiger partial charge in [0.15, 0.2) is 5.76 Å². The van der Waals surface area contributed by atoms with Crippen LogP contribution in [0.3, 0.4) is 0 Å². The summed E-state index contributed by atoms with van der Waals surface area (Å²) < 4.78 is 5.46. The number of fused-ring (bicyclic) bond motifs is 1. The van der Waals surface area contributed by atoms with E-state index in [4.69, 9.17) is 4.42 Å². The van der Waals surface area contributed by atoms with Crippen molar-refractivity contribution in [2.45, 2.75) is 6.42 Å². The molecule has 0 saturated carbocycles. The Morgan fingerprint density at radius 2 is 1.93 bits per heavy atom. The molecule has 2 aromatic heterocycles. The van der Waals surface area contributed by atoms with Gasteiger partial charge in [0.25, 0.3) is 5.91 Å². The highest BCUT2D eigenvalue weighted by Gasteiger charge is 2.15. The molecule has 6 nitrogen and oxygen atoms in total. The quantitative estimate of drug-likeness (QED) is 0.579. The average molecular weight is 437 g/mol. The number of pyridine rings is 1. The number of rotatable bonds is 6. The molecule has 1 aliphatic rings. The molecule has 1 amide bonds. The number of nitrogens with one attached hydrogen (secondary N) is 2. The van der Waals surface area contributed by atoms with Gasteiger partial charge in [-0.2, -0.15) is 0 Å². The summed E-state index contributed by atoms with van der Waals surface area (Å²) in [6.07, 6.45) is 2.56. The van der Waals surface area contributed by atoms with Crippen molar-refractivity contribution >= 4 is 41.6 Å². The fourth-order valence-electron chi connectivity index (χ4n) is 3.45. The van der Waals surface area contributed by atoms with Crippen molar-refractivity contribution in [1.82, 2.24) is 20.5 Å². The van der Waals surface area contributed by atoms with Crippen molar-refractivity contribution in [3.63, 3.8) is 0 Å². The smallest absolute Gasteiger partial charge is 0.252 e. The van der Waals surface area contributed by atoms with E-state index in [1.54, 1.807) is 6.26 Å². The molecule has 3 heterocycles. The number of aromatic nitrogens is 1. The Morgan fingerprint density at radius 1 is 1.14 bits per heavy atom. The Labute approximate surface area is 182 Å². The lowest BCUT2D eigenvalue weighted by Gasteiger charge is -2.27. The molecule has 0 spiro atoms. The molecule has 156 valence electrons. The van der Waals surface area contributed by atoms with Crippen LogP contribution in [-0.2, 0) is 0 Å². The predicted molar refractivity (Wildman–Crippen MR) is 120 cm³/mol. The van der Waals surface area contributed by atoms with E-state index in [1.807, 2.05) is 42.5 Å². The second kappa shape index (κ2) is 11.2. The lowest BCUT2D eigenvalue weighted by Crippen LogP contribution is -2.44. The van der Waals surface area contributed by atoms with Crippen molar-refractivity contribution in [2.24, 2.45) is 0 Å². The number of piperazine rings is 1. The second-order valence-electron chi connectivity index (χ2n) is 6.75. The number of nitrogens with zero attached hydrogens (tertiary/aromatic N) is 2. The zero-order valence-corrected chi connectivity index (χ0v) is 17.7. The Kier molecular flexibility index (Phi) is 8.92. The van der Waals surface area contributed by atoms with E-state index in [1.165, 1.54) is 0 Å². The van der Waals surface area contributed by atoms with Gasteiger partial charge in [0, 0.05) is 38.1 Å². The van der Waals surface area contributed by atoms with E-state index in [9.17, 15) is 4.79 Å². The van der Waals surface area contributed by atoms with Gasteiger partial charge >= 0.3 is 0 Å². The highest BCUT2D eigenvalue weighted by molar-refractivity contribution is 6.07. The lowest BCUT2D eigenvalue weighted by atomic mass is 10.1. The molecule has 8 heteroatoms. The highest BCUT2D eigenvalue weighted by atomic mass is 35.5. The van der Waals surface area contributed by atoms with Gasteiger partial charge in [-0.3, -0.25) is 4.79 Å². The Hall–Kier alpha value is -2.12. The minimum absolute atomic E-state index is 0. The minimum Gasteiger partial charge on any atom is -0.463 e. The van der Waals surface area contributed by atoms with Crippen molar-refractivity contribution in [3.8, 4) is 11.5 Å². The lowest BCUT2D eigenvalue weighted by molar-refractivity contribution is 0.0953. The van der Waals surface area contributed by atoms with Crippen LogP contribution in [0.15, 0.2) is 53.1 Å². The van der Waals surface area contributed by atoms with Crippen LogP contribution in [0.4, 0.5) is 0 Å². The molecular weight excluding hydrogens is 411 g/mol. The van der Waals surface area contributed by atoms with Gasteiger partial charge in [0.1, 0.15) is 5.69 Å². The number of carbonyl (C=O) groups excluding carboxylic acids is 1. The molecule has 0 unspecified atom stereocenters. The largest absolute Gasteiger partial charge is 0.463 e. The number of benzene rings is 1. The zero-order chi connectivity index (χ0) is 18.5. The van der Waals surface area contributed by atoms with Gasteiger partial charge in [0.05, 0.1) is 17.3 Å². The Balaban J connectivity index is 0.00000150. The maximum atomic E-state index is 12.8. The van der Waals surface area contributed by atoms with Crippen LogP contribution in [0.25, 0.3) is 22.4 Å². The number of hydrogen-bond acceptors (Lipinski definition) is 5. The van der Waals surface area contributed by atoms with Crippen molar-refractivity contribution in [1.29, 1.82) is 0 Å². The van der Waals surface area contributed by atoms with E-state index in [0.717, 1.165) is 50.0 Å². The summed E-state index contributed by atoms with van der Waals surface area (Å²) in [6.45, 7) is 5.92. The molecule has 29 heavy (non-hydrogen) atoms. The van der Waals surface area contributed by atoms with Crippen molar-refractivity contribution < 1.29 is 9.21 Å². The Morgan fingerprint density at radius 3 is 2.69 bits per heavy atom. The summed E-state index contributed by atoms with van der Waals surface area (Å²) in [5.74, 6) is 0.593. The normalized spacial score (nSPS) is 14.1. The van der Waals surface area contributed by atoms with Crippen LogP contribution in [0.1, 0.15) is 16.8 Å². The summed E-state index contributed by atoms with van der Waals surface area (Å²) in [4.78, 5) is 19.9. The van der Waals surface area contributed by atoms with Gasteiger partial charge in [-0.15, -0.1) is 24.8 Å². The molecule has 1 saturated heterocycles. The maximum absolute atomic E-state index is 12.8. The second-order valence-corrected chi connectivity index (χ2v) is 6.75. The molecule has 4 rings (SSSR count). The standard InChI is InChI=1S/C21H24N4O2.2ClH/c26-21(23-8-4-11-25-12-9-22-10-13-25)17-15-19(20-7-3-14-27-20)24-18-6-2-1-5-16(17)18;;/h1-3,5-7,14-15,22H,4,8-13H2,(H,23,26);2*1H. The molecule has 3 aromatic rings. The van der Waals surface area contributed by atoms with Crippen LogP contribution in [0, 0.1) is 0 Å². The summed E-state index contributed by atoms with van der Waals surface area (Å²) in [5.41, 5.74) is 2.09. The third kappa shape index (κ3) is 5.70. The number of amides is 1. The first-order valence-corrected chi connectivity index (χ1v) is 9.46. The van der Waals surface area contributed by atoms with E-state index in [-0.39, 0.29) is 30.7 Å². The Bertz CT molecular complexity index is 912. The number of para-hydroxylation sites is 1. The SMILES string of the molecule is Cl.Cl.O=C(NCCCN1CCNCC1)c1cc(-c2ccco2)nc2ccccc12. The van der Waals surface area contributed by atoms with E-state index >= 15 is 0 Å². The predicted octanol–water partition coefficient (Wildman–Crippen LogP) is 3.36. The van der Waals surface area contributed by atoms with Crippen LogP contribution < -0.4 is 10.6 Å². The van der Waals surface area contributed by atoms with Gasteiger partial charge in [0.2, 0.25) is 0 Å².